The predicted molar refractivity (Wildman–Crippen MR) is 64.1 cm³/mol. The van der Waals surface area contributed by atoms with Crippen molar-refractivity contribution in [3.63, 3.8) is 0 Å². The Balaban J connectivity index is 2.11. The highest BCUT2D eigenvalue weighted by molar-refractivity contribution is 5.33. The van der Waals surface area contributed by atoms with Crippen LogP contribution in [0.25, 0.3) is 0 Å². The maximum atomic E-state index is 3.58. The van der Waals surface area contributed by atoms with E-state index in [1.165, 1.54) is 16.7 Å². The predicted octanol–water partition coefficient (Wildman–Crippen LogP) is 1.57. The first-order valence-electron chi connectivity index (χ1n) is 5.61. The van der Waals surface area contributed by atoms with Crippen molar-refractivity contribution in [3.8, 4) is 0 Å². The van der Waals surface area contributed by atoms with E-state index in [1.54, 1.807) is 0 Å². The Hall–Kier alpha value is -0.860. The molecule has 1 N–H and O–H groups in total. The van der Waals surface area contributed by atoms with Gasteiger partial charge in [-0.1, -0.05) is 23.8 Å². The van der Waals surface area contributed by atoms with E-state index < -0.39 is 0 Å². The Morgan fingerprint density at radius 3 is 2.87 bits per heavy atom. The zero-order chi connectivity index (χ0) is 10.8. The van der Waals surface area contributed by atoms with E-state index in [2.05, 4.69) is 49.4 Å². The molecule has 1 aliphatic heterocycles. The lowest BCUT2D eigenvalue weighted by Crippen LogP contribution is -2.42. The molecule has 0 fully saturated rings. The van der Waals surface area contributed by atoms with Crippen LogP contribution in [0.3, 0.4) is 0 Å². The van der Waals surface area contributed by atoms with Gasteiger partial charge in [-0.25, -0.2) is 0 Å². The second kappa shape index (κ2) is 4.33. The summed E-state index contributed by atoms with van der Waals surface area (Å²) in [5.74, 6) is 0. The number of nitrogens with one attached hydrogen (secondary N) is 1. The van der Waals surface area contributed by atoms with Crippen LogP contribution in [0.4, 0.5) is 0 Å². The van der Waals surface area contributed by atoms with E-state index in [0.717, 1.165) is 19.5 Å². The van der Waals surface area contributed by atoms with Crippen LogP contribution in [0.2, 0.25) is 0 Å². The van der Waals surface area contributed by atoms with Crippen molar-refractivity contribution in [1.29, 1.82) is 0 Å². The van der Waals surface area contributed by atoms with Crippen LogP contribution in [-0.4, -0.2) is 31.6 Å². The zero-order valence-corrected chi connectivity index (χ0v) is 9.88. The molecule has 0 bridgehead atoms. The zero-order valence-electron chi connectivity index (χ0n) is 9.88. The minimum Gasteiger partial charge on any atom is -0.308 e. The number of nitrogens with zero attached hydrogens (tertiary/aromatic N) is 1. The van der Waals surface area contributed by atoms with Gasteiger partial charge in [0.1, 0.15) is 0 Å². The first kappa shape index (κ1) is 10.7. The SMILES string of the molecule is Cc1ccc2c(c1)CC(CN(C)C)NC2. The van der Waals surface area contributed by atoms with Crippen molar-refractivity contribution in [2.75, 3.05) is 20.6 Å². The maximum absolute atomic E-state index is 3.58. The van der Waals surface area contributed by atoms with Gasteiger partial charge in [0.25, 0.3) is 0 Å². The molecule has 2 heteroatoms. The van der Waals surface area contributed by atoms with Gasteiger partial charge in [0.15, 0.2) is 0 Å². The fourth-order valence-electron chi connectivity index (χ4n) is 2.28. The number of fused-ring (bicyclic) bond motifs is 1. The lowest BCUT2D eigenvalue weighted by atomic mass is 9.94. The van der Waals surface area contributed by atoms with Gasteiger partial charge >= 0.3 is 0 Å². The largest absolute Gasteiger partial charge is 0.308 e. The van der Waals surface area contributed by atoms with E-state index in [4.69, 9.17) is 0 Å². The average Bonchev–Trinajstić information content (AvgIpc) is 2.16. The number of benzene rings is 1. The molecule has 1 aromatic rings. The lowest BCUT2D eigenvalue weighted by molar-refractivity contribution is 0.326. The highest BCUT2D eigenvalue weighted by Crippen LogP contribution is 2.18. The van der Waals surface area contributed by atoms with Crippen molar-refractivity contribution < 1.29 is 0 Å². The van der Waals surface area contributed by atoms with Crippen LogP contribution in [0.5, 0.6) is 0 Å². The Labute approximate surface area is 92.3 Å². The van der Waals surface area contributed by atoms with Crippen LogP contribution in [0.1, 0.15) is 16.7 Å². The molecule has 0 saturated heterocycles. The number of rotatable bonds is 2. The molecule has 1 atom stereocenters. The van der Waals surface area contributed by atoms with E-state index >= 15 is 0 Å². The fraction of sp³-hybridized carbons (Fsp3) is 0.538. The molecule has 0 aromatic heterocycles. The number of aryl methyl sites for hydroxylation is 1. The van der Waals surface area contributed by atoms with E-state index in [0.29, 0.717) is 6.04 Å². The fourth-order valence-corrected chi connectivity index (χ4v) is 2.28. The third-order valence-electron chi connectivity index (χ3n) is 2.99. The lowest BCUT2D eigenvalue weighted by Gasteiger charge is -2.28. The minimum absolute atomic E-state index is 0.606. The number of likely N-dealkylation sites (N-methyl/N-ethyl adjacent to an activating group) is 1. The molecule has 2 rings (SSSR count). The standard InChI is InChI=1S/C13H20N2/c1-10-4-5-11-8-14-13(9-15(2)3)7-12(11)6-10/h4-6,13-14H,7-9H2,1-3H3. The van der Waals surface area contributed by atoms with Crippen LogP contribution in [0.15, 0.2) is 18.2 Å². The van der Waals surface area contributed by atoms with Crippen molar-refractivity contribution >= 4 is 0 Å². The van der Waals surface area contributed by atoms with Gasteiger partial charge in [0.2, 0.25) is 0 Å². The maximum Gasteiger partial charge on any atom is 0.0238 e. The topological polar surface area (TPSA) is 15.3 Å². The van der Waals surface area contributed by atoms with Crippen molar-refractivity contribution in [2.45, 2.75) is 25.9 Å². The molecule has 0 amide bonds. The molecule has 1 heterocycles. The van der Waals surface area contributed by atoms with Crippen molar-refractivity contribution in [2.24, 2.45) is 0 Å². The third kappa shape index (κ3) is 2.58. The normalized spacial score (nSPS) is 20.4. The summed E-state index contributed by atoms with van der Waals surface area (Å²) in [6, 6.07) is 7.39. The number of hydrogen-bond acceptors (Lipinski definition) is 2. The molecule has 82 valence electrons. The van der Waals surface area contributed by atoms with Gasteiger partial charge in [-0.05, 0) is 38.6 Å². The first-order chi connectivity index (χ1) is 7.15. The molecule has 0 radical (unpaired) electrons. The second-order valence-corrected chi connectivity index (χ2v) is 4.82. The Morgan fingerprint density at radius 2 is 2.13 bits per heavy atom. The highest BCUT2D eigenvalue weighted by atomic mass is 15.1. The van der Waals surface area contributed by atoms with Crippen LogP contribution in [0, 0.1) is 6.92 Å². The van der Waals surface area contributed by atoms with Crippen LogP contribution >= 0.6 is 0 Å². The molecular formula is C13H20N2. The molecule has 15 heavy (non-hydrogen) atoms. The van der Waals surface area contributed by atoms with Gasteiger partial charge in [-0.3, -0.25) is 0 Å². The highest BCUT2D eigenvalue weighted by Gasteiger charge is 2.17. The Kier molecular flexibility index (Phi) is 3.08. The third-order valence-corrected chi connectivity index (χ3v) is 2.99. The summed E-state index contributed by atoms with van der Waals surface area (Å²) in [6.07, 6.45) is 1.16. The summed E-state index contributed by atoms with van der Waals surface area (Å²) in [6.45, 7) is 4.31. The molecular weight excluding hydrogens is 184 g/mol. The van der Waals surface area contributed by atoms with Crippen molar-refractivity contribution in [1.82, 2.24) is 10.2 Å². The average molecular weight is 204 g/mol. The minimum atomic E-state index is 0.606. The Morgan fingerprint density at radius 1 is 1.33 bits per heavy atom. The number of hydrogen-bond donors (Lipinski definition) is 1. The molecule has 1 aromatic carbocycles. The molecule has 2 nitrogen and oxygen atoms in total. The van der Waals surface area contributed by atoms with Crippen LogP contribution < -0.4 is 5.32 Å². The quantitative estimate of drug-likeness (QED) is 0.786. The summed E-state index contributed by atoms with van der Waals surface area (Å²) < 4.78 is 0. The van der Waals surface area contributed by atoms with Gasteiger partial charge < -0.3 is 10.2 Å². The molecule has 0 aliphatic carbocycles. The molecule has 0 saturated carbocycles. The van der Waals surface area contributed by atoms with Gasteiger partial charge in [-0.15, -0.1) is 0 Å². The molecule has 0 spiro atoms. The van der Waals surface area contributed by atoms with Gasteiger partial charge in [0.05, 0.1) is 0 Å². The Bertz CT molecular complexity index is 344. The van der Waals surface area contributed by atoms with Gasteiger partial charge in [0, 0.05) is 19.1 Å². The summed E-state index contributed by atoms with van der Waals surface area (Å²) >= 11 is 0. The smallest absolute Gasteiger partial charge is 0.0238 e. The summed E-state index contributed by atoms with van der Waals surface area (Å²) in [5, 5.41) is 3.58. The van der Waals surface area contributed by atoms with E-state index in [1.807, 2.05) is 0 Å². The summed E-state index contributed by atoms with van der Waals surface area (Å²) in [4.78, 5) is 2.25. The van der Waals surface area contributed by atoms with Gasteiger partial charge in [-0.2, -0.15) is 0 Å². The van der Waals surface area contributed by atoms with Crippen LogP contribution in [-0.2, 0) is 13.0 Å². The van der Waals surface area contributed by atoms with E-state index in [9.17, 15) is 0 Å². The molecule has 1 aliphatic rings. The summed E-state index contributed by atoms with van der Waals surface area (Å²) in [5.41, 5.74) is 4.37. The second-order valence-electron chi connectivity index (χ2n) is 4.82. The van der Waals surface area contributed by atoms with E-state index in [-0.39, 0.29) is 0 Å². The summed E-state index contributed by atoms with van der Waals surface area (Å²) in [7, 11) is 4.26. The first-order valence-corrected chi connectivity index (χ1v) is 5.61. The monoisotopic (exact) mass is 204 g/mol. The molecule has 1 unspecified atom stereocenters. The van der Waals surface area contributed by atoms with Crippen molar-refractivity contribution in [3.05, 3.63) is 34.9 Å².